The van der Waals surface area contributed by atoms with Crippen molar-refractivity contribution in [3.63, 3.8) is 0 Å². The zero-order chi connectivity index (χ0) is 13.2. The molecular formula is C14H18N2O3. The third-order valence-corrected chi connectivity index (χ3v) is 3.81. The van der Waals surface area contributed by atoms with Gasteiger partial charge in [0.15, 0.2) is 6.61 Å². The van der Waals surface area contributed by atoms with E-state index in [4.69, 9.17) is 4.74 Å². The van der Waals surface area contributed by atoms with Gasteiger partial charge in [-0.1, -0.05) is 6.07 Å². The fourth-order valence-corrected chi connectivity index (χ4v) is 2.72. The van der Waals surface area contributed by atoms with E-state index in [0.29, 0.717) is 11.4 Å². The maximum absolute atomic E-state index is 11.3. The first kappa shape index (κ1) is 12.4. The number of carbonyl (C=O) groups is 1. The molecule has 102 valence electrons. The van der Waals surface area contributed by atoms with E-state index in [1.165, 1.54) is 0 Å². The predicted octanol–water partition coefficient (Wildman–Crippen LogP) is 1.05. The number of nitrogens with one attached hydrogen (secondary N) is 2. The van der Waals surface area contributed by atoms with E-state index in [2.05, 4.69) is 10.6 Å². The van der Waals surface area contributed by atoms with Crippen LogP contribution >= 0.6 is 0 Å². The Morgan fingerprint density at radius 3 is 2.89 bits per heavy atom. The Bertz CT molecular complexity index is 484. The van der Waals surface area contributed by atoms with Gasteiger partial charge in [-0.3, -0.25) is 4.79 Å². The summed E-state index contributed by atoms with van der Waals surface area (Å²) in [6.45, 7) is 1.96. The highest BCUT2D eigenvalue weighted by atomic mass is 16.5. The summed E-state index contributed by atoms with van der Waals surface area (Å²) in [5.41, 5.74) is 1.50. The summed E-state index contributed by atoms with van der Waals surface area (Å²) in [7, 11) is 0. The van der Waals surface area contributed by atoms with E-state index < -0.39 is 6.10 Å². The molecular weight excluding hydrogens is 244 g/mol. The molecule has 1 aromatic rings. The van der Waals surface area contributed by atoms with Gasteiger partial charge in [0.1, 0.15) is 5.75 Å². The van der Waals surface area contributed by atoms with Crippen molar-refractivity contribution in [3.8, 4) is 5.75 Å². The van der Waals surface area contributed by atoms with Gasteiger partial charge in [0.05, 0.1) is 11.8 Å². The number of aliphatic hydroxyl groups is 1. The highest BCUT2D eigenvalue weighted by molar-refractivity contribution is 5.95. The second-order valence-electron chi connectivity index (χ2n) is 5.12. The quantitative estimate of drug-likeness (QED) is 0.745. The van der Waals surface area contributed by atoms with Crippen molar-refractivity contribution in [2.45, 2.75) is 18.9 Å². The summed E-state index contributed by atoms with van der Waals surface area (Å²) in [5.74, 6) is 0.793. The van der Waals surface area contributed by atoms with Gasteiger partial charge in [0.2, 0.25) is 0 Å². The minimum absolute atomic E-state index is 0.0587. The number of ether oxygens (including phenoxy) is 1. The molecule has 0 spiro atoms. The molecule has 2 aliphatic heterocycles. The monoisotopic (exact) mass is 262 g/mol. The smallest absolute Gasteiger partial charge is 0.262 e. The van der Waals surface area contributed by atoms with E-state index in [9.17, 15) is 9.90 Å². The minimum Gasteiger partial charge on any atom is -0.482 e. The van der Waals surface area contributed by atoms with Gasteiger partial charge in [-0.2, -0.15) is 0 Å². The summed E-state index contributed by atoms with van der Waals surface area (Å²) in [6, 6.07) is 5.51. The molecule has 1 aromatic carbocycles. The number of hydrogen-bond donors (Lipinski definition) is 3. The average molecular weight is 262 g/mol. The van der Waals surface area contributed by atoms with Gasteiger partial charge < -0.3 is 20.5 Å². The lowest BCUT2D eigenvalue weighted by Gasteiger charge is -2.28. The van der Waals surface area contributed by atoms with Crippen molar-refractivity contribution in [2.75, 3.05) is 25.0 Å². The van der Waals surface area contributed by atoms with Gasteiger partial charge in [0.25, 0.3) is 5.91 Å². The Labute approximate surface area is 112 Å². The number of piperidine rings is 1. The third kappa shape index (κ3) is 2.57. The van der Waals surface area contributed by atoms with Crippen molar-refractivity contribution in [2.24, 2.45) is 5.92 Å². The number of rotatable bonds is 2. The van der Waals surface area contributed by atoms with Crippen molar-refractivity contribution in [3.05, 3.63) is 23.8 Å². The maximum Gasteiger partial charge on any atom is 0.262 e. The third-order valence-electron chi connectivity index (χ3n) is 3.81. The van der Waals surface area contributed by atoms with E-state index >= 15 is 0 Å². The first-order chi connectivity index (χ1) is 9.24. The van der Waals surface area contributed by atoms with Crippen LogP contribution in [-0.2, 0) is 4.79 Å². The average Bonchev–Trinajstić information content (AvgIpc) is 2.46. The Morgan fingerprint density at radius 1 is 1.32 bits per heavy atom. The Kier molecular flexibility index (Phi) is 3.40. The zero-order valence-electron chi connectivity index (χ0n) is 10.7. The number of amides is 1. The number of benzene rings is 1. The van der Waals surface area contributed by atoms with Crippen molar-refractivity contribution in [1.29, 1.82) is 0 Å². The molecule has 3 N–H and O–H groups in total. The van der Waals surface area contributed by atoms with E-state index in [1.807, 2.05) is 18.2 Å². The Morgan fingerprint density at radius 2 is 2.11 bits per heavy atom. The lowest BCUT2D eigenvalue weighted by molar-refractivity contribution is -0.118. The van der Waals surface area contributed by atoms with Gasteiger partial charge in [0, 0.05) is 0 Å². The van der Waals surface area contributed by atoms with Crippen LogP contribution in [0.3, 0.4) is 0 Å². The molecule has 0 radical (unpaired) electrons. The van der Waals surface area contributed by atoms with Gasteiger partial charge in [-0.15, -0.1) is 0 Å². The first-order valence-corrected chi connectivity index (χ1v) is 6.69. The Balaban J connectivity index is 1.80. The van der Waals surface area contributed by atoms with Gasteiger partial charge in [-0.25, -0.2) is 0 Å². The molecule has 19 heavy (non-hydrogen) atoms. The molecule has 1 atom stereocenters. The lowest BCUT2D eigenvalue weighted by Crippen LogP contribution is -2.31. The van der Waals surface area contributed by atoms with Crippen molar-refractivity contribution in [1.82, 2.24) is 5.32 Å². The largest absolute Gasteiger partial charge is 0.482 e. The number of fused-ring (bicyclic) bond motifs is 1. The molecule has 2 aliphatic rings. The van der Waals surface area contributed by atoms with Crippen LogP contribution in [0.25, 0.3) is 0 Å². The van der Waals surface area contributed by atoms with Crippen LogP contribution in [0.15, 0.2) is 18.2 Å². The molecule has 1 unspecified atom stereocenters. The highest BCUT2D eigenvalue weighted by Crippen LogP contribution is 2.34. The standard InChI is InChI=1S/C14H18N2O3/c17-13-8-19-12-2-1-10(7-11(12)16-13)14(18)9-3-5-15-6-4-9/h1-2,7,9,14-15,18H,3-6,8H2,(H,16,17). The lowest BCUT2D eigenvalue weighted by atomic mass is 9.88. The van der Waals surface area contributed by atoms with Crippen LogP contribution in [0.2, 0.25) is 0 Å². The highest BCUT2D eigenvalue weighted by Gasteiger charge is 2.24. The topological polar surface area (TPSA) is 70.6 Å². The molecule has 0 saturated carbocycles. The summed E-state index contributed by atoms with van der Waals surface area (Å²) in [4.78, 5) is 11.3. The van der Waals surface area contributed by atoms with E-state index in [-0.39, 0.29) is 18.4 Å². The van der Waals surface area contributed by atoms with Crippen LogP contribution in [0, 0.1) is 5.92 Å². The molecule has 0 aliphatic carbocycles. The van der Waals surface area contributed by atoms with E-state index in [0.717, 1.165) is 31.5 Å². The fraction of sp³-hybridized carbons (Fsp3) is 0.500. The summed E-state index contributed by atoms with van der Waals surface area (Å²) in [5, 5.41) is 16.5. The van der Waals surface area contributed by atoms with Crippen LogP contribution in [0.1, 0.15) is 24.5 Å². The number of hydrogen-bond acceptors (Lipinski definition) is 4. The van der Waals surface area contributed by atoms with Gasteiger partial charge >= 0.3 is 0 Å². The predicted molar refractivity (Wildman–Crippen MR) is 71.1 cm³/mol. The summed E-state index contributed by atoms with van der Waals surface area (Å²) in [6.07, 6.45) is 1.47. The van der Waals surface area contributed by atoms with Crippen molar-refractivity contribution >= 4 is 11.6 Å². The second kappa shape index (κ2) is 5.19. The molecule has 5 heteroatoms. The number of aliphatic hydroxyl groups excluding tert-OH is 1. The zero-order valence-corrected chi connectivity index (χ0v) is 10.7. The van der Waals surface area contributed by atoms with Crippen LogP contribution in [-0.4, -0.2) is 30.7 Å². The summed E-state index contributed by atoms with van der Waals surface area (Å²) < 4.78 is 5.31. The SMILES string of the molecule is O=C1COc2ccc(C(O)C3CCNCC3)cc2N1. The second-order valence-corrected chi connectivity index (χ2v) is 5.12. The molecule has 1 saturated heterocycles. The molecule has 1 amide bonds. The van der Waals surface area contributed by atoms with Crippen LogP contribution < -0.4 is 15.4 Å². The minimum atomic E-state index is -0.480. The van der Waals surface area contributed by atoms with Gasteiger partial charge in [-0.05, 0) is 49.5 Å². The summed E-state index contributed by atoms with van der Waals surface area (Å²) >= 11 is 0. The number of carbonyl (C=O) groups excluding carboxylic acids is 1. The first-order valence-electron chi connectivity index (χ1n) is 6.69. The molecule has 0 bridgehead atoms. The Hall–Kier alpha value is -1.59. The van der Waals surface area contributed by atoms with Crippen LogP contribution in [0.4, 0.5) is 5.69 Å². The maximum atomic E-state index is 11.3. The molecule has 2 heterocycles. The fourth-order valence-electron chi connectivity index (χ4n) is 2.72. The van der Waals surface area contributed by atoms with Crippen LogP contribution in [0.5, 0.6) is 5.75 Å². The van der Waals surface area contributed by atoms with E-state index in [1.54, 1.807) is 0 Å². The van der Waals surface area contributed by atoms with Crippen molar-refractivity contribution < 1.29 is 14.6 Å². The molecule has 0 aromatic heterocycles. The number of anilines is 1. The molecule has 1 fully saturated rings. The normalized spacial score (nSPS) is 21.2. The molecule has 3 rings (SSSR count). The molecule has 5 nitrogen and oxygen atoms in total.